The Kier molecular flexibility index (Phi) is 4.73. The first-order chi connectivity index (χ1) is 12.7. The Morgan fingerprint density at radius 2 is 2.15 bits per heavy atom. The summed E-state index contributed by atoms with van der Waals surface area (Å²) in [4.78, 5) is 19.6. The molecule has 9 heteroatoms. The minimum atomic E-state index is -0.114. The second-order valence-corrected chi connectivity index (χ2v) is 7.42. The highest BCUT2D eigenvalue weighted by Gasteiger charge is 2.25. The Balaban J connectivity index is 1.51. The summed E-state index contributed by atoms with van der Waals surface area (Å²) in [6, 6.07) is 3.61. The van der Waals surface area contributed by atoms with Gasteiger partial charge in [-0.15, -0.1) is 5.10 Å². The standard InChI is InChI=1S/C17H22N6O2S/c1-2-13-11-15(25)23-16(19-13)26-17(20-23)21-7-4-12(5-8-21)14-3-6-18-22(14)9-10-24/h3,6,11-12,24H,2,4-5,7-10H2,1H3. The number of aromatic nitrogens is 5. The van der Waals surface area contributed by atoms with E-state index in [9.17, 15) is 9.90 Å². The Bertz CT molecular complexity index is 954. The van der Waals surface area contributed by atoms with E-state index in [4.69, 9.17) is 0 Å². The third kappa shape index (κ3) is 3.12. The predicted octanol–water partition coefficient (Wildman–Crippen LogP) is 1.29. The number of aliphatic hydroxyl groups excluding tert-OH is 1. The first-order valence-electron chi connectivity index (χ1n) is 8.97. The Labute approximate surface area is 154 Å². The van der Waals surface area contributed by atoms with Crippen LogP contribution in [0.25, 0.3) is 4.96 Å². The van der Waals surface area contributed by atoms with Gasteiger partial charge in [0.15, 0.2) is 0 Å². The van der Waals surface area contributed by atoms with Crippen molar-refractivity contribution in [1.29, 1.82) is 0 Å². The Hall–Kier alpha value is -2.26. The highest BCUT2D eigenvalue weighted by atomic mass is 32.1. The molecule has 3 aromatic rings. The largest absolute Gasteiger partial charge is 0.394 e. The fourth-order valence-corrected chi connectivity index (χ4v) is 4.47. The zero-order valence-corrected chi connectivity index (χ0v) is 15.5. The van der Waals surface area contributed by atoms with Crippen LogP contribution in [0.1, 0.15) is 37.1 Å². The van der Waals surface area contributed by atoms with E-state index in [1.807, 2.05) is 17.7 Å². The minimum Gasteiger partial charge on any atom is -0.394 e. The highest BCUT2D eigenvalue weighted by Crippen LogP contribution is 2.31. The SMILES string of the molecule is CCc1cc(=O)n2nc(N3CCC(c4ccnn4CCO)CC3)sc2n1. The van der Waals surface area contributed by atoms with Crippen LogP contribution in [0.3, 0.4) is 0 Å². The fourth-order valence-electron chi connectivity index (χ4n) is 3.49. The van der Waals surface area contributed by atoms with Crippen LogP contribution >= 0.6 is 11.3 Å². The lowest BCUT2D eigenvalue weighted by molar-refractivity contribution is 0.265. The quantitative estimate of drug-likeness (QED) is 0.724. The van der Waals surface area contributed by atoms with Gasteiger partial charge in [0.2, 0.25) is 10.1 Å². The molecule has 138 valence electrons. The molecule has 0 saturated carbocycles. The summed E-state index contributed by atoms with van der Waals surface area (Å²) in [5, 5.41) is 18.8. The molecule has 0 aromatic carbocycles. The first kappa shape index (κ1) is 17.2. The third-order valence-corrected chi connectivity index (χ3v) is 5.86. The molecule has 3 aromatic heterocycles. The molecule has 4 rings (SSSR count). The van der Waals surface area contributed by atoms with Crippen molar-refractivity contribution in [2.45, 2.75) is 38.6 Å². The van der Waals surface area contributed by atoms with Crippen LogP contribution in [0.2, 0.25) is 0 Å². The van der Waals surface area contributed by atoms with Gasteiger partial charge >= 0.3 is 0 Å². The van der Waals surface area contributed by atoms with Gasteiger partial charge < -0.3 is 10.0 Å². The molecule has 0 atom stereocenters. The number of aliphatic hydroxyl groups is 1. The lowest BCUT2D eigenvalue weighted by Crippen LogP contribution is -2.33. The van der Waals surface area contributed by atoms with Crippen molar-refractivity contribution in [3.05, 3.63) is 40.1 Å². The van der Waals surface area contributed by atoms with Gasteiger partial charge in [0.25, 0.3) is 5.56 Å². The average Bonchev–Trinajstić information content (AvgIpc) is 3.29. The van der Waals surface area contributed by atoms with E-state index in [0.717, 1.165) is 43.2 Å². The summed E-state index contributed by atoms with van der Waals surface area (Å²) in [5.74, 6) is 0.433. The number of nitrogens with zero attached hydrogens (tertiary/aromatic N) is 6. The molecule has 1 N–H and O–H groups in total. The number of hydrogen-bond acceptors (Lipinski definition) is 7. The van der Waals surface area contributed by atoms with Crippen LogP contribution < -0.4 is 10.5 Å². The number of aryl methyl sites for hydroxylation is 1. The van der Waals surface area contributed by atoms with Gasteiger partial charge in [-0.3, -0.25) is 9.48 Å². The number of anilines is 1. The molecule has 0 radical (unpaired) electrons. The average molecular weight is 374 g/mol. The lowest BCUT2D eigenvalue weighted by Gasteiger charge is -2.31. The van der Waals surface area contributed by atoms with Crippen molar-refractivity contribution in [1.82, 2.24) is 24.4 Å². The van der Waals surface area contributed by atoms with Crippen LogP contribution in [-0.4, -0.2) is 49.2 Å². The van der Waals surface area contributed by atoms with Gasteiger partial charge in [0.05, 0.1) is 13.2 Å². The minimum absolute atomic E-state index is 0.0979. The van der Waals surface area contributed by atoms with Gasteiger partial charge in [-0.2, -0.15) is 9.61 Å². The van der Waals surface area contributed by atoms with Gasteiger partial charge in [0.1, 0.15) is 0 Å². The van der Waals surface area contributed by atoms with Crippen LogP contribution in [0.4, 0.5) is 5.13 Å². The summed E-state index contributed by atoms with van der Waals surface area (Å²) >= 11 is 1.47. The van der Waals surface area contributed by atoms with E-state index in [-0.39, 0.29) is 12.2 Å². The smallest absolute Gasteiger partial charge is 0.275 e. The van der Waals surface area contributed by atoms with E-state index >= 15 is 0 Å². The van der Waals surface area contributed by atoms with Gasteiger partial charge in [-0.1, -0.05) is 18.3 Å². The molecule has 1 fully saturated rings. The molecule has 0 unspecified atom stereocenters. The maximum atomic E-state index is 12.2. The summed E-state index contributed by atoms with van der Waals surface area (Å²) in [6.45, 7) is 4.39. The van der Waals surface area contributed by atoms with Gasteiger partial charge in [0, 0.05) is 42.7 Å². The van der Waals surface area contributed by atoms with Crippen molar-refractivity contribution in [2.24, 2.45) is 0 Å². The molecule has 4 heterocycles. The van der Waals surface area contributed by atoms with Crippen molar-refractivity contribution in [3.63, 3.8) is 0 Å². The van der Waals surface area contributed by atoms with E-state index in [2.05, 4.69) is 20.1 Å². The molecule has 0 spiro atoms. The zero-order valence-electron chi connectivity index (χ0n) is 14.7. The summed E-state index contributed by atoms with van der Waals surface area (Å²) in [5.41, 5.74) is 1.88. The van der Waals surface area contributed by atoms with Crippen molar-refractivity contribution < 1.29 is 5.11 Å². The maximum Gasteiger partial charge on any atom is 0.275 e. The lowest BCUT2D eigenvalue weighted by atomic mass is 9.93. The van der Waals surface area contributed by atoms with Crippen LogP contribution in [0.15, 0.2) is 23.1 Å². The summed E-state index contributed by atoms with van der Waals surface area (Å²) in [7, 11) is 0. The summed E-state index contributed by atoms with van der Waals surface area (Å²) in [6.07, 6.45) is 4.53. The molecule has 1 saturated heterocycles. The molecule has 0 amide bonds. The predicted molar refractivity (Wildman–Crippen MR) is 100 cm³/mol. The molecular formula is C17H22N6O2S. The molecule has 1 aliphatic heterocycles. The molecular weight excluding hydrogens is 352 g/mol. The Morgan fingerprint density at radius 1 is 1.35 bits per heavy atom. The van der Waals surface area contributed by atoms with Crippen molar-refractivity contribution in [3.8, 4) is 0 Å². The van der Waals surface area contributed by atoms with E-state index in [0.29, 0.717) is 17.4 Å². The monoisotopic (exact) mass is 374 g/mol. The number of rotatable bonds is 5. The zero-order chi connectivity index (χ0) is 18.1. The number of fused-ring (bicyclic) bond motifs is 1. The second-order valence-electron chi connectivity index (χ2n) is 6.48. The third-order valence-electron chi connectivity index (χ3n) is 4.89. The fraction of sp³-hybridized carbons (Fsp3) is 0.529. The van der Waals surface area contributed by atoms with Crippen molar-refractivity contribution >= 4 is 21.4 Å². The van der Waals surface area contributed by atoms with E-state index in [1.54, 1.807) is 12.3 Å². The van der Waals surface area contributed by atoms with Gasteiger partial charge in [-0.25, -0.2) is 4.98 Å². The first-order valence-corrected chi connectivity index (χ1v) is 9.78. The number of hydrogen-bond donors (Lipinski definition) is 1. The van der Waals surface area contributed by atoms with Crippen LogP contribution in [0, 0.1) is 0 Å². The summed E-state index contributed by atoms with van der Waals surface area (Å²) < 4.78 is 3.30. The topological polar surface area (TPSA) is 88.6 Å². The highest BCUT2D eigenvalue weighted by molar-refractivity contribution is 7.20. The molecule has 8 nitrogen and oxygen atoms in total. The number of piperidine rings is 1. The molecule has 26 heavy (non-hydrogen) atoms. The molecule has 0 aliphatic carbocycles. The normalized spacial score (nSPS) is 15.8. The Morgan fingerprint density at radius 3 is 2.88 bits per heavy atom. The van der Waals surface area contributed by atoms with Crippen molar-refractivity contribution in [2.75, 3.05) is 24.6 Å². The van der Waals surface area contributed by atoms with E-state index < -0.39 is 0 Å². The van der Waals surface area contributed by atoms with E-state index in [1.165, 1.54) is 21.5 Å². The van der Waals surface area contributed by atoms with Crippen LogP contribution in [-0.2, 0) is 13.0 Å². The second kappa shape index (κ2) is 7.16. The maximum absolute atomic E-state index is 12.2. The molecule has 1 aliphatic rings. The van der Waals surface area contributed by atoms with Crippen LogP contribution in [0.5, 0.6) is 0 Å². The molecule has 0 bridgehead atoms. The van der Waals surface area contributed by atoms with Gasteiger partial charge in [-0.05, 0) is 25.3 Å².